The number of ketones is 1. The number of likely N-dealkylation sites (tertiary alicyclic amines) is 1. The van der Waals surface area contributed by atoms with E-state index in [1.54, 1.807) is 29.2 Å². The van der Waals surface area contributed by atoms with Crippen molar-refractivity contribution >= 4 is 11.7 Å². The number of nitrogens with zero attached hydrogens (tertiary/aromatic N) is 2. The van der Waals surface area contributed by atoms with Crippen molar-refractivity contribution in [3.8, 4) is 17.6 Å². The van der Waals surface area contributed by atoms with E-state index in [-0.39, 0.29) is 17.6 Å². The van der Waals surface area contributed by atoms with Gasteiger partial charge in [0.15, 0.2) is 0 Å². The highest BCUT2D eigenvalue weighted by Gasteiger charge is 2.28. The molecule has 1 aliphatic heterocycles. The molecule has 5 heteroatoms. The number of nitriles is 1. The fourth-order valence-corrected chi connectivity index (χ4v) is 4.03. The first-order valence-electron chi connectivity index (χ1n) is 10.8. The summed E-state index contributed by atoms with van der Waals surface area (Å²) >= 11 is 0. The summed E-state index contributed by atoms with van der Waals surface area (Å²) in [5.74, 6) is 1.44. The first kappa shape index (κ1) is 21.3. The number of carbonyl (C=O) groups excluding carboxylic acids is 2. The lowest BCUT2D eigenvalue weighted by molar-refractivity contribution is -0.123. The molecule has 1 amide bonds. The van der Waals surface area contributed by atoms with Crippen LogP contribution in [0.1, 0.15) is 34.3 Å². The summed E-state index contributed by atoms with van der Waals surface area (Å²) in [6.45, 7) is 1.04. The summed E-state index contributed by atoms with van der Waals surface area (Å²) in [6, 6.07) is 26.1. The molecule has 5 nitrogen and oxygen atoms in total. The van der Waals surface area contributed by atoms with E-state index in [9.17, 15) is 14.9 Å². The number of hydrogen-bond donors (Lipinski definition) is 0. The summed E-state index contributed by atoms with van der Waals surface area (Å²) in [6.07, 6.45) is 1.63. The average molecular weight is 425 g/mol. The standard InChI is InChI=1S/C27H24N2O3/c28-19-22-8-4-5-12-25(22)27(31)29-15-13-21(14-16-29)26(30)18-20-7-6-11-24(17-20)32-23-9-2-1-3-10-23/h1-12,17,21H,13-16,18H2. The Balaban J connectivity index is 1.34. The zero-order chi connectivity index (χ0) is 22.3. The summed E-state index contributed by atoms with van der Waals surface area (Å²) < 4.78 is 5.87. The first-order valence-corrected chi connectivity index (χ1v) is 10.8. The lowest BCUT2D eigenvalue weighted by atomic mass is 9.89. The third-order valence-electron chi connectivity index (χ3n) is 5.77. The number of para-hydroxylation sites is 1. The van der Waals surface area contributed by atoms with E-state index in [1.165, 1.54) is 0 Å². The second-order valence-corrected chi connectivity index (χ2v) is 7.93. The predicted molar refractivity (Wildman–Crippen MR) is 121 cm³/mol. The molecule has 4 rings (SSSR count). The Bertz CT molecular complexity index is 1140. The highest BCUT2D eigenvalue weighted by Crippen LogP contribution is 2.25. The Kier molecular flexibility index (Phi) is 6.62. The van der Waals surface area contributed by atoms with Gasteiger partial charge in [0, 0.05) is 25.4 Å². The third kappa shape index (κ3) is 5.04. The van der Waals surface area contributed by atoms with E-state index in [4.69, 9.17) is 4.74 Å². The number of benzene rings is 3. The number of hydrogen-bond acceptors (Lipinski definition) is 4. The molecule has 0 saturated carbocycles. The highest BCUT2D eigenvalue weighted by atomic mass is 16.5. The van der Waals surface area contributed by atoms with Crippen molar-refractivity contribution in [1.82, 2.24) is 4.90 Å². The molecule has 0 atom stereocenters. The predicted octanol–water partition coefficient (Wildman–Crippen LogP) is 5.01. The second-order valence-electron chi connectivity index (χ2n) is 7.93. The molecule has 160 valence electrons. The molecule has 32 heavy (non-hydrogen) atoms. The zero-order valence-corrected chi connectivity index (χ0v) is 17.7. The topological polar surface area (TPSA) is 70.4 Å². The molecule has 1 fully saturated rings. The van der Waals surface area contributed by atoms with Crippen molar-refractivity contribution in [2.75, 3.05) is 13.1 Å². The quantitative estimate of drug-likeness (QED) is 0.557. The minimum Gasteiger partial charge on any atom is -0.457 e. The van der Waals surface area contributed by atoms with Crippen molar-refractivity contribution < 1.29 is 14.3 Å². The molecule has 0 aromatic heterocycles. The van der Waals surface area contributed by atoms with Gasteiger partial charge in [-0.05, 0) is 54.8 Å². The van der Waals surface area contributed by atoms with Crippen molar-refractivity contribution in [2.24, 2.45) is 5.92 Å². The van der Waals surface area contributed by atoms with Crippen molar-refractivity contribution in [2.45, 2.75) is 19.3 Å². The molecule has 1 heterocycles. The van der Waals surface area contributed by atoms with Gasteiger partial charge in [-0.15, -0.1) is 0 Å². The molecule has 3 aromatic rings. The minimum absolute atomic E-state index is 0.0658. The maximum atomic E-state index is 12.9. The largest absolute Gasteiger partial charge is 0.457 e. The molecule has 0 aliphatic carbocycles. The van der Waals surface area contributed by atoms with Crippen molar-refractivity contribution in [1.29, 1.82) is 5.26 Å². The zero-order valence-electron chi connectivity index (χ0n) is 17.7. The monoisotopic (exact) mass is 424 g/mol. The Hall–Kier alpha value is -3.91. The summed E-state index contributed by atoms with van der Waals surface area (Å²) in [7, 11) is 0. The van der Waals surface area contributed by atoms with Gasteiger partial charge >= 0.3 is 0 Å². The van der Waals surface area contributed by atoms with Crippen LogP contribution in [0.4, 0.5) is 0 Å². The van der Waals surface area contributed by atoms with Gasteiger partial charge in [0.1, 0.15) is 17.3 Å². The van der Waals surface area contributed by atoms with Gasteiger partial charge in [-0.2, -0.15) is 5.26 Å². The maximum Gasteiger partial charge on any atom is 0.255 e. The van der Waals surface area contributed by atoms with Gasteiger partial charge in [-0.1, -0.05) is 42.5 Å². The number of Topliss-reactive ketones (excluding diaryl/α,β-unsaturated/α-hetero) is 1. The van der Waals surface area contributed by atoms with Crippen molar-refractivity contribution in [3.63, 3.8) is 0 Å². The van der Waals surface area contributed by atoms with Crippen LogP contribution >= 0.6 is 0 Å². The molecular formula is C27H24N2O3. The van der Waals surface area contributed by atoms with E-state index < -0.39 is 0 Å². The summed E-state index contributed by atoms with van der Waals surface area (Å²) in [4.78, 5) is 27.5. The molecule has 1 saturated heterocycles. The van der Waals surface area contributed by atoms with E-state index in [0.29, 0.717) is 49.2 Å². The lowest BCUT2D eigenvalue weighted by Crippen LogP contribution is -2.40. The van der Waals surface area contributed by atoms with E-state index in [2.05, 4.69) is 6.07 Å². The molecule has 3 aromatic carbocycles. The number of rotatable bonds is 6. The Morgan fingerprint density at radius 2 is 1.59 bits per heavy atom. The van der Waals surface area contributed by atoms with Gasteiger partial charge in [-0.25, -0.2) is 0 Å². The van der Waals surface area contributed by atoms with E-state index >= 15 is 0 Å². The number of ether oxygens (including phenoxy) is 1. The smallest absolute Gasteiger partial charge is 0.255 e. The fraction of sp³-hybridized carbons (Fsp3) is 0.222. The highest BCUT2D eigenvalue weighted by molar-refractivity contribution is 5.96. The molecule has 0 N–H and O–H groups in total. The molecule has 0 bridgehead atoms. The van der Waals surface area contributed by atoms with Crippen LogP contribution in [-0.2, 0) is 11.2 Å². The molecule has 0 spiro atoms. The third-order valence-corrected chi connectivity index (χ3v) is 5.77. The average Bonchev–Trinajstić information content (AvgIpc) is 2.84. The van der Waals surface area contributed by atoms with Crippen LogP contribution < -0.4 is 4.74 Å². The molecule has 1 aliphatic rings. The van der Waals surface area contributed by atoms with E-state index in [1.807, 2.05) is 54.6 Å². The van der Waals surface area contributed by atoms with Crippen LogP contribution in [0, 0.1) is 17.2 Å². The van der Waals surface area contributed by atoms with Crippen molar-refractivity contribution in [3.05, 3.63) is 95.6 Å². The Morgan fingerprint density at radius 3 is 2.34 bits per heavy atom. The fourth-order valence-electron chi connectivity index (χ4n) is 4.03. The number of piperidine rings is 1. The lowest BCUT2D eigenvalue weighted by Gasteiger charge is -2.31. The summed E-state index contributed by atoms with van der Waals surface area (Å²) in [5.41, 5.74) is 1.73. The van der Waals surface area contributed by atoms with Crippen LogP contribution in [0.3, 0.4) is 0 Å². The second kappa shape index (κ2) is 9.93. The van der Waals surface area contributed by atoms with Crippen LogP contribution in [0.2, 0.25) is 0 Å². The van der Waals surface area contributed by atoms with Gasteiger partial charge in [-0.3, -0.25) is 9.59 Å². The first-order chi connectivity index (χ1) is 15.6. The summed E-state index contributed by atoms with van der Waals surface area (Å²) in [5, 5.41) is 9.25. The number of amides is 1. The molecule has 0 unspecified atom stereocenters. The van der Waals surface area contributed by atoms with Gasteiger partial charge in [0.2, 0.25) is 0 Å². The SMILES string of the molecule is N#Cc1ccccc1C(=O)N1CCC(C(=O)Cc2cccc(Oc3ccccc3)c2)CC1. The van der Waals surface area contributed by atoms with E-state index in [0.717, 1.165) is 11.3 Å². The van der Waals surface area contributed by atoms with Crippen LogP contribution in [-0.4, -0.2) is 29.7 Å². The van der Waals surface area contributed by atoms with Gasteiger partial charge in [0.05, 0.1) is 17.2 Å². The Morgan fingerprint density at radius 1 is 0.906 bits per heavy atom. The normalized spacial score (nSPS) is 13.9. The molecule has 0 radical (unpaired) electrons. The Labute approximate surface area is 187 Å². The van der Waals surface area contributed by atoms with Gasteiger partial charge < -0.3 is 9.64 Å². The maximum absolute atomic E-state index is 12.9. The van der Waals surface area contributed by atoms with Crippen LogP contribution in [0.25, 0.3) is 0 Å². The minimum atomic E-state index is -0.140. The van der Waals surface area contributed by atoms with Gasteiger partial charge in [0.25, 0.3) is 5.91 Å². The van der Waals surface area contributed by atoms with Crippen LogP contribution in [0.15, 0.2) is 78.9 Å². The number of carbonyl (C=O) groups is 2. The van der Waals surface area contributed by atoms with Crippen LogP contribution in [0.5, 0.6) is 11.5 Å². The molecular weight excluding hydrogens is 400 g/mol.